The predicted octanol–water partition coefficient (Wildman–Crippen LogP) is 2.63. The molecule has 0 atom stereocenters. The molecule has 0 radical (unpaired) electrons. The van der Waals surface area contributed by atoms with E-state index in [-0.39, 0.29) is 30.1 Å². The topological polar surface area (TPSA) is 111 Å². The molecule has 4 N–H and O–H groups in total. The molecule has 1 aliphatic carbocycles. The van der Waals surface area contributed by atoms with Crippen LogP contribution in [-0.4, -0.2) is 30.1 Å². The van der Waals surface area contributed by atoms with E-state index in [9.17, 15) is 14.4 Å². The van der Waals surface area contributed by atoms with Gasteiger partial charge >= 0.3 is 0 Å². The minimum Gasteiger partial charge on any atom is -0.484 e. The molecule has 1 aliphatic rings. The first kappa shape index (κ1) is 19.8. The Bertz CT molecular complexity index is 883. The number of hydrogen-bond acceptors (Lipinski definition) is 5. The van der Waals surface area contributed by atoms with Gasteiger partial charge in [0.05, 0.1) is 11.4 Å². The van der Waals surface area contributed by atoms with Crippen molar-refractivity contribution in [1.82, 2.24) is 0 Å². The highest BCUT2D eigenvalue weighted by atomic mass is 32.2. The van der Waals surface area contributed by atoms with Crippen LogP contribution < -0.4 is 21.1 Å². The number of anilines is 2. The second kappa shape index (κ2) is 9.27. The fraction of sp³-hybridized carbons (Fsp3) is 0.250. The van der Waals surface area contributed by atoms with Crippen molar-refractivity contribution in [1.29, 1.82) is 0 Å². The lowest BCUT2D eigenvalue weighted by atomic mass is 10.3. The van der Waals surface area contributed by atoms with Gasteiger partial charge < -0.3 is 21.1 Å². The molecule has 7 nitrogen and oxygen atoms in total. The minimum atomic E-state index is -0.428. The van der Waals surface area contributed by atoms with Gasteiger partial charge in [-0.2, -0.15) is 0 Å². The summed E-state index contributed by atoms with van der Waals surface area (Å²) in [5.41, 5.74) is 6.40. The van der Waals surface area contributed by atoms with Gasteiger partial charge in [-0.3, -0.25) is 14.4 Å². The number of primary amides is 1. The lowest BCUT2D eigenvalue weighted by Crippen LogP contribution is -2.21. The lowest BCUT2D eigenvalue weighted by molar-refractivity contribution is -0.118. The van der Waals surface area contributed by atoms with Gasteiger partial charge in [-0.25, -0.2) is 0 Å². The molecule has 0 saturated heterocycles. The average molecular weight is 399 g/mol. The normalized spacial score (nSPS) is 12.9. The summed E-state index contributed by atoms with van der Waals surface area (Å²) in [4.78, 5) is 35.8. The third-order valence-electron chi connectivity index (χ3n) is 3.95. The van der Waals surface area contributed by atoms with Crippen molar-refractivity contribution in [2.45, 2.75) is 17.7 Å². The lowest BCUT2D eigenvalue weighted by Gasteiger charge is -2.12. The van der Waals surface area contributed by atoms with Crippen LogP contribution in [0.15, 0.2) is 53.4 Å². The number of carbonyl (C=O) groups excluding carboxylic acids is 3. The minimum absolute atomic E-state index is 0.0139. The molecule has 0 bridgehead atoms. The average Bonchev–Trinajstić information content (AvgIpc) is 3.51. The van der Waals surface area contributed by atoms with E-state index in [2.05, 4.69) is 10.6 Å². The number of nitrogens with one attached hydrogen (secondary N) is 2. The zero-order chi connectivity index (χ0) is 19.9. The van der Waals surface area contributed by atoms with E-state index in [1.54, 1.807) is 42.5 Å². The van der Waals surface area contributed by atoms with Gasteiger partial charge in [-0.05, 0) is 37.1 Å². The molecule has 3 rings (SSSR count). The molecule has 8 heteroatoms. The highest BCUT2D eigenvalue weighted by molar-refractivity contribution is 8.00. The number of nitrogens with two attached hydrogens (primary N) is 1. The zero-order valence-electron chi connectivity index (χ0n) is 15.1. The van der Waals surface area contributed by atoms with Gasteiger partial charge in [-0.15, -0.1) is 11.8 Å². The standard InChI is InChI=1S/C20H21N3O4S/c21-18(24)12-28-17-7-2-1-6-16(17)23-19(25)11-27-15-5-3-4-14(10-15)22-20(26)13-8-9-13/h1-7,10,13H,8-9,11-12H2,(H2,21,24)(H,22,26)(H,23,25). The summed E-state index contributed by atoms with van der Waals surface area (Å²) < 4.78 is 5.53. The van der Waals surface area contributed by atoms with Gasteiger partial charge in [0.2, 0.25) is 11.8 Å². The fourth-order valence-corrected chi connectivity index (χ4v) is 3.18. The van der Waals surface area contributed by atoms with Crippen LogP contribution in [0.25, 0.3) is 0 Å². The molecule has 2 aromatic carbocycles. The van der Waals surface area contributed by atoms with Crippen molar-refractivity contribution >= 4 is 40.9 Å². The van der Waals surface area contributed by atoms with E-state index in [1.165, 1.54) is 11.8 Å². The number of carbonyl (C=O) groups is 3. The third kappa shape index (κ3) is 6.02. The molecule has 1 fully saturated rings. The number of para-hydroxylation sites is 1. The van der Waals surface area contributed by atoms with E-state index in [0.717, 1.165) is 17.7 Å². The largest absolute Gasteiger partial charge is 0.484 e. The summed E-state index contributed by atoms with van der Waals surface area (Å²) in [6.45, 7) is -0.186. The molecule has 0 heterocycles. The molecule has 146 valence electrons. The second-order valence-electron chi connectivity index (χ2n) is 6.38. The fourth-order valence-electron chi connectivity index (χ4n) is 2.43. The van der Waals surface area contributed by atoms with Crippen LogP contribution in [0, 0.1) is 5.92 Å². The van der Waals surface area contributed by atoms with Crippen LogP contribution in [0.1, 0.15) is 12.8 Å². The zero-order valence-corrected chi connectivity index (χ0v) is 16.0. The number of ether oxygens (including phenoxy) is 1. The van der Waals surface area contributed by atoms with Gasteiger partial charge in [-0.1, -0.05) is 18.2 Å². The Morgan fingerprint density at radius 2 is 1.86 bits per heavy atom. The van der Waals surface area contributed by atoms with Crippen molar-refractivity contribution in [3.05, 3.63) is 48.5 Å². The highest BCUT2D eigenvalue weighted by Crippen LogP contribution is 2.30. The van der Waals surface area contributed by atoms with E-state index in [0.29, 0.717) is 17.1 Å². The van der Waals surface area contributed by atoms with Gasteiger partial charge in [0.1, 0.15) is 5.75 Å². The molecule has 2 aromatic rings. The first-order valence-corrected chi connectivity index (χ1v) is 9.83. The molecule has 0 spiro atoms. The molecule has 0 unspecified atom stereocenters. The summed E-state index contributed by atoms with van der Waals surface area (Å²) in [5.74, 6) is -0.0198. The number of rotatable bonds is 9. The molecule has 28 heavy (non-hydrogen) atoms. The highest BCUT2D eigenvalue weighted by Gasteiger charge is 2.29. The second-order valence-corrected chi connectivity index (χ2v) is 7.40. The Morgan fingerprint density at radius 3 is 2.61 bits per heavy atom. The van der Waals surface area contributed by atoms with Gasteiger partial charge in [0.15, 0.2) is 6.61 Å². The first-order chi connectivity index (χ1) is 13.5. The van der Waals surface area contributed by atoms with E-state index in [1.807, 2.05) is 6.07 Å². The summed E-state index contributed by atoms with van der Waals surface area (Å²) in [6, 6.07) is 14.1. The maximum absolute atomic E-state index is 12.2. The monoisotopic (exact) mass is 399 g/mol. The van der Waals surface area contributed by atoms with Crippen LogP contribution in [0.2, 0.25) is 0 Å². The summed E-state index contributed by atoms with van der Waals surface area (Å²) in [7, 11) is 0. The van der Waals surface area contributed by atoms with E-state index < -0.39 is 5.91 Å². The van der Waals surface area contributed by atoms with Crippen molar-refractivity contribution in [2.75, 3.05) is 23.0 Å². The number of amides is 3. The number of thioether (sulfide) groups is 1. The van der Waals surface area contributed by atoms with Crippen LogP contribution in [-0.2, 0) is 14.4 Å². The number of hydrogen-bond donors (Lipinski definition) is 3. The third-order valence-corrected chi connectivity index (χ3v) is 5.05. The molecule has 0 aliphatic heterocycles. The molecule has 3 amide bonds. The predicted molar refractivity (Wildman–Crippen MR) is 108 cm³/mol. The summed E-state index contributed by atoms with van der Waals surface area (Å²) >= 11 is 1.26. The van der Waals surface area contributed by atoms with Crippen molar-refractivity contribution in [3.63, 3.8) is 0 Å². The van der Waals surface area contributed by atoms with Crippen LogP contribution in [0.4, 0.5) is 11.4 Å². The van der Waals surface area contributed by atoms with E-state index in [4.69, 9.17) is 10.5 Å². The molecular weight excluding hydrogens is 378 g/mol. The van der Waals surface area contributed by atoms with Gasteiger partial charge in [0, 0.05) is 22.6 Å². The maximum Gasteiger partial charge on any atom is 0.262 e. The SMILES string of the molecule is NC(=O)CSc1ccccc1NC(=O)COc1cccc(NC(=O)C2CC2)c1. The van der Waals surface area contributed by atoms with Crippen molar-refractivity contribution < 1.29 is 19.1 Å². The number of benzene rings is 2. The Hall–Kier alpha value is -3.00. The van der Waals surface area contributed by atoms with Crippen molar-refractivity contribution in [2.24, 2.45) is 11.7 Å². The Kier molecular flexibility index (Phi) is 6.54. The summed E-state index contributed by atoms with van der Waals surface area (Å²) in [5, 5.41) is 5.61. The first-order valence-electron chi connectivity index (χ1n) is 8.85. The van der Waals surface area contributed by atoms with Crippen LogP contribution in [0.3, 0.4) is 0 Å². The van der Waals surface area contributed by atoms with Crippen LogP contribution in [0.5, 0.6) is 5.75 Å². The molecule has 1 saturated carbocycles. The Labute approximate surface area is 167 Å². The summed E-state index contributed by atoms with van der Waals surface area (Å²) in [6.07, 6.45) is 1.86. The Morgan fingerprint density at radius 1 is 1.07 bits per heavy atom. The van der Waals surface area contributed by atoms with Crippen molar-refractivity contribution in [3.8, 4) is 5.75 Å². The van der Waals surface area contributed by atoms with Crippen LogP contribution >= 0.6 is 11.8 Å². The van der Waals surface area contributed by atoms with Gasteiger partial charge in [0.25, 0.3) is 5.91 Å². The molecular formula is C20H21N3O4S. The Balaban J connectivity index is 1.53. The quantitative estimate of drug-likeness (QED) is 0.562. The smallest absolute Gasteiger partial charge is 0.262 e. The molecule has 0 aromatic heterocycles. The maximum atomic E-state index is 12.2. The van der Waals surface area contributed by atoms with E-state index >= 15 is 0 Å².